The molecule has 0 saturated heterocycles. The van der Waals surface area contributed by atoms with Crippen LogP contribution in [0.25, 0.3) is 0 Å². The van der Waals surface area contributed by atoms with Crippen molar-refractivity contribution < 1.29 is 4.39 Å². The number of hydrogen-bond acceptors (Lipinski definition) is 6. The van der Waals surface area contributed by atoms with Crippen molar-refractivity contribution in [3.63, 3.8) is 0 Å². The zero-order valence-corrected chi connectivity index (χ0v) is 10.2. The molecule has 0 atom stereocenters. The Labute approximate surface area is 100 Å². The lowest BCUT2D eigenvalue weighted by Crippen LogP contribution is -2.29. The van der Waals surface area contributed by atoms with Crippen LogP contribution in [0.15, 0.2) is 6.20 Å². The van der Waals surface area contributed by atoms with Gasteiger partial charge in [-0.1, -0.05) is 13.8 Å². The Morgan fingerprint density at radius 2 is 2.12 bits per heavy atom. The molecular formula is C10H19FN6. The summed E-state index contributed by atoms with van der Waals surface area (Å²) in [6.07, 6.45) is 1.09. The summed E-state index contributed by atoms with van der Waals surface area (Å²) >= 11 is 0. The van der Waals surface area contributed by atoms with E-state index in [1.807, 2.05) is 0 Å². The van der Waals surface area contributed by atoms with E-state index in [4.69, 9.17) is 5.84 Å². The summed E-state index contributed by atoms with van der Waals surface area (Å²) in [5.41, 5.74) is 2.28. The Morgan fingerprint density at radius 3 is 2.71 bits per heavy atom. The smallest absolute Gasteiger partial charge is 0.239 e. The molecule has 1 rings (SSSR count). The number of hydrogen-bond donors (Lipinski definition) is 3. The average molecular weight is 242 g/mol. The van der Waals surface area contributed by atoms with Crippen LogP contribution >= 0.6 is 0 Å². The number of anilines is 2. The Balaban J connectivity index is 2.50. The van der Waals surface area contributed by atoms with Gasteiger partial charge >= 0.3 is 0 Å². The molecule has 96 valence electrons. The molecule has 0 aromatic carbocycles. The van der Waals surface area contributed by atoms with Crippen molar-refractivity contribution in [3.8, 4) is 0 Å². The van der Waals surface area contributed by atoms with Gasteiger partial charge in [-0.25, -0.2) is 15.2 Å². The third-order valence-corrected chi connectivity index (χ3v) is 2.49. The van der Waals surface area contributed by atoms with E-state index in [0.29, 0.717) is 6.54 Å². The molecule has 1 heterocycles. The number of halogens is 1. The lowest BCUT2D eigenvalue weighted by atomic mass is 10.4. The number of nitrogens with two attached hydrogens (primary N) is 1. The van der Waals surface area contributed by atoms with Crippen LogP contribution in [-0.2, 0) is 0 Å². The highest BCUT2D eigenvalue weighted by atomic mass is 19.1. The van der Waals surface area contributed by atoms with E-state index < -0.39 is 5.82 Å². The molecule has 7 heteroatoms. The fourth-order valence-electron chi connectivity index (χ4n) is 1.43. The maximum Gasteiger partial charge on any atom is 0.239 e. The molecule has 0 unspecified atom stereocenters. The molecule has 4 N–H and O–H groups in total. The summed E-state index contributed by atoms with van der Waals surface area (Å²) < 4.78 is 13.3. The quantitative estimate of drug-likeness (QED) is 0.481. The van der Waals surface area contributed by atoms with Crippen LogP contribution in [0, 0.1) is 5.82 Å². The minimum absolute atomic E-state index is 0.167. The van der Waals surface area contributed by atoms with Gasteiger partial charge in [0.1, 0.15) is 0 Å². The van der Waals surface area contributed by atoms with Gasteiger partial charge in [0.25, 0.3) is 0 Å². The molecule has 0 radical (unpaired) electrons. The number of rotatable bonds is 7. The number of nitrogens with zero attached hydrogens (tertiary/aromatic N) is 3. The van der Waals surface area contributed by atoms with Crippen LogP contribution in [-0.4, -0.2) is 41.0 Å². The maximum absolute atomic E-state index is 13.3. The number of likely N-dealkylation sites (N-methyl/N-ethyl adjacent to an activating group) is 1. The average Bonchev–Trinajstić information content (AvgIpc) is 2.36. The summed E-state index contributed by atoms with van der Waals surface area (Å²) in [5.74, 6) is 5.03. The molecule has 0 amide bonds. The third-order valence-electron chi connectivity index (χ3n) is 2.49. The lowest BCUT2D eigenvalue weighted by Gasteiger charge is -2.18. The Hall–Kier alpha value is -1.47. The number of aromatic nitrogens is 2. The minimum Gasteiger partial charge on any atom is -0.366 e. The Kier molecular flexibility index (Phi) is 5.58. The predicted octanol–water partition coefficient (Wildman–Crippen LogP) is 0.655. The number of hydrazine groups is 1. The highest BCUT2D eigenvalue weighted by molar-refractivity contribution is 5.40. The van der Waals surface area contributed by atoms with Crippen LogP contribution in [0.2, 0.25) is 0 Å². The van der Waals surface area contributed by atoms with Gasteiger partial charge in [0, 0.05) is 13.1 Å². The van der Waals surface area contributed by atoms with E-state index in [-0.39, 0.29) is 11.8 Å². The van der Waals surface area contributed by atoms with Gasteiger partial charge in [-0.05, 0) is 13.1 Å². The van der Waals surface area contributed by atoms with Gasteiger partial charge in [-0.3, -0.25) is 5.43 Å². The van der Waals surface area contributed by atoms with Crippen molar-refractivity contribution in [2.75, 3.05) is 36.9 Å². The van der Waals surface area contributed by atoms with Crippen molar-refractivity contribution >= 4 is 11.8 Å². The lowest BCUT2D eigenvalue weighted by molar-refractivity contribution is 0.315. The third kappa shape index (κ3) is 4.12. The SMILES string of the molecule is CCN(CC)CCNc1nc(NN)ncc1F. The maximum atomic E-state index is 13.3. The van der Waals surface area contributed by atoms with Crippen LogP contribution in [0.3, 0.4) is 0 Å². The second-order valence-corrected chi connectivity index (χ2v) is 3.49. The molecule has 17 heavy (non-hydrogen) atoms. The first kappa shape index (κ1) is 13.6. The van der Waals surface area contributed by atoms with E-state index in [1.165, 1.54) is 0 Å². The Morgan fingerprint density at radius 1 is 1.41 bits per heavy atom. The highest BCUT2D eigenvalue weighted by Gasteiger charge is 2.06. The van der Waals surface area contributed by atoms with Crippen molar-refractivity contribution in [3.05, 3.63) is 12.0 Å². The summed E-state index contributed by atoms with van der Waals surface area (Å²) in [4.78, 5) is 9.78. The molecule has 0 fully saturated rings. The monoisotopic (exact) mass is 242 g/mol. The van der Waals surface area contributed by atoms with Gasteiger partial charge in [0.05, 0.1) is 6.20 Å². The van der Waals surface area contributed by atoms with E-state index >= 15 is 0 Å². The van der Waals surface area contributed by atoms with Crippen LogP contribution in [0.4, 0.5) is 16.2 Å². The van der Waals surface area contributed by atoms with Crippen molar-refractivity contribution in [2.45, 2.75) is 13.8 Å². The zero-order valence-electron chi connectivity index (χ0n) is 10.2. The van der Waals surface area contributed by atoms with Crippen molar-refractivity contribution in [2.24, 2.45) is 5.84 Å². The number of nitrogen functional groups attached to an aromatic ring is 1. The molecule has 0 aliphatic heterocycles. The van der Waals surface area contributed by atoms with E-state index in [0.717, 1.165) is 25.8 Å². The number of nitrogens with one attached hydrogen (secondary N) is 2. The first-order valence-corrected chi connectivity index (χ1v) is 5.66. The van der Waals surface area contributed by atoms with Crippen LogP contribution < -0.4 is 16.6 Å². The van der Waals surface area contributed by atoms with Gasteiger partial charge in [-0.2, -0.15) is 4.98 Å². The first-order chi connectivity index (χ1) is 8.21. The fraction of sp³-hybridized carbons (Fsp3) is 0.600. The van der Waals surface area contributed by atoms with Crippen LogP contribution in [0.1, 0.15) is 13.8 Å². The second-order valence-electron chi connectivity index (χ2n) is 3.49. The molecule has 1 aromatic rings. The Bertz CT molecular complexity index is 342. The van der Waals surface area contributed by atoms with E-state index in [2.05, 4.69) is 39.5 Å². The van der Waals surface area contributed by atoms with Crippen molar-refractivity contribution in [1.82, 2.24) is 14.9 Å². The molecule has 0 bridgehead atoms. The molecule has 1 aromatic heterocycles. The molecule has 0 spiro atoms. The summed E-state index contributed by atoms with van der Waals surface area (Å²) in [7, 11) is 0. The molecule has 0 aliphatic rings. The van der Waals surface area contributed by atoms with Gasteiger partial charge in [-0.15, -0.1) is 0 Å². The topological polar surface area (TPSA) is 79.1 Å². The largest absolute Gasteiger partial charge is 0.366 e. The predicted molar refractivity (Wildman–Crippen MR) is 66.1 cm³/mol. The first-order valence-electron chi connectivity index (χ1n) is 5.66. The minimum atomic E-state index is -0.483. The summed E-state index contributed by atoms with van der Waals surface area (Å²) in [5, 5.41) is 2.92. The summed E-state index contributed by atoms with van der Waals surface area (Å²) in [6, 6.07) is 0. The molecule has 0 saturated carbocycles. The van der Waals surface area contributed by atoms with E-state index in [9.17, 15) is 4.39 Å². The summed E-state index contributed by atoms with van der Waals surface area (Å²) in [6.45, 7) is 7.58. The normalized spacial score (nSPS) is 10.6. The van der Waals surface area contributed by atoms with Gasteiger partial charge in [0.2, 0.25) is 5.95 Å². The zero-order chi connectivity index (χ0) is 12.7. The standard InChI is InChI=1S/C10H19FN6/c1-3-17(4-2)6-5-13-9-8(11)7-14-10(15-9)16-12/h7H,3-6,12H2,1-2H3,(H2,13,14,15,16). The van der Waals surface area contributed by atoms with Crippen LogP contribution in [0.5, 0.6) is 0 Å². The molecule has 6 nitrogen and oxygen atoms in total. The van der Waals surface area contributed by atoms with E-state index in [1.54, 1.807) is 0 Å². The molecular weight excluding hydrogens is 223 g/mol. The molecule has 0 aliphatic carbocycles. The fourth-order valence-corrected chi connectivity index (χ4v) is 1.43. The highest BCUT2D eigenvalue weighted by Crippen LogP contribution is 2.10. The van der Waals surface area contributed by atoms with Gasteiger partial charge < -0.3 is 10.2 Å². The van der Waals surface area contributed by atoms with Crippen molar-refractivity contribution in [1.29, 1.82) is 0 Å². The second kappa shape index (κ2) is 6.97. The van der Waals surface area contributed by atoms with Gasteiger partial charge in [0.15, 0.2) is 11.6 Å².